The summed E-state index contributed by atoms with van der Waals surface area (Å²) in [6.45, 7) is 6.13. The van der Waals surface area contributed by atoms with Gasteiger partial charge in [0.2, 0.25) is 0 Å². The zero-order chi connectivity index (χ0) is 17.1. The number of pyridine rings is 1. The molecule has 1 amide bonds. The van der Waals surface area contributed by atoms with E-state index in [2.05, 4.69) is 9.88 Å². The molecule has 0 saturated carbocycles. The molecule has 132 valence electrons. The third-order valence-corrected chi connectivity index (χ3v) is 5.27. The van der Waals surface area contributed by atoms with Crippen molar-refractivity contribution in [2.45, 2.75) is 25.5 Å². The van der Waals surface area contributed by atoms with Gasteiger partial charge in [0, 0.05) is 58.2 Å². The van der Waals surface area contributed by atoms with Crippen LogP contribution in [0.5, 0.6) is 0 Å². The van der Waals surface area contributed by atoms with E-state index in [9.17, 15) is 4.79 Å². The van der Waals surface area contributed by atoms with Crippen molar-refractivity contribution in [3.8, 4) is 0 Å². The lowest BCUT2D eigenvalue weighted by molar-refractivity contribution is -0.0157. The van der Waals surface area contributed by atoms with Gasteiger partial charge >= 0.3 is 0 Å². The first kappa shape index (κ1) is 17.3. The number of methoxy groups -OCH3 is 2. The number of aryl methyl sites for hydroxylation is 1. The predicted molar refractivity (Wildman–Crippen MR) is 91.0 cm³/mol. The maximum absolute atomic E-state index is 13.0. The third kappa shape index (κ3) is 3.45. The highest BCUT2D eigenvalue weighted by Gasteiger charge is 2.45. The molecule has 6 nitrogen and oxygen atoms in total. The number of carbonyl (C=O) groups is 1. The molecule has 3 rings (SSSR count). The molecule has 0 spiro atoms. The largest absolute Gasteiger partial charge is 0.383 e. The molecule has 24 heavy (non-hydrogen) atoms. The lowest BCUT2D eigenvalue weighted by Gasteiger charge is -2.41. The van der Waals surface area contributed by atoms with Crippen LogP contribution in [-0.2, 0) is 9.47 Å². The lowest BCUT2D eigenvalue weighted by Crippen LogP contribution is -2.53. The minimum atomic E-state index is 0.0839. The first-order valence-electron chi connectivity index (χ1n) is 8.61. The molecule has 1 aromatic heterocycles. The Morgan fingerprint density at radius 3 is 2.83 bits per heavy atom. The minimum absolute atomic E-state index is 0.0839. The molecule has 3 heterocycles. The number of piperidine rings is 1. The van der Waals surface area contributed by atoms with Gasteiger partial charge in [0.15, 0.2) is 0 Å². The zero-order valence-corrected chi connectivity index (χ0v) is 14.8. The molecule has 0 aliphatic carbocycles. The van der Waals surface area contributed by atoms with E-state index >= 15 is 0 Å². The van der Waals surface area contributed by atoms with Crippen LogP contribution in [0, 0.1) is 12.8 Å². The molecule has 0 aromatic carbocycles. The number of rotatable bonds is 5. The molecule has 2 saturated heterocycles. The maximum Gasteiger partial charge on any atom is 0.255 e. The van der Waals surface area contributed by atoms with E-state index in [1.54, 1.807) is 20.4 Å². The first-order valence-corrected chi connectivity index (χ1v) is 8.61. The van der Waals surface area contributed by atoms with Crippen LogP contribution < -0.4 is 0 Å². The van der Waals surface area contributed by atoms with Crippen LogP contribution in [0.15, 0.2) is 18.3 Å². The van der Waals surface area contributed by atoms with Crippen LogP contribution >= 0.6 is 0 Å². The van der Waals surface area contributed by atoms with Gasteiger partial charge in [-0.05, 0) is 25.5 Å². The average molecular weight is 333 g/mol. The molecule has 2 aliphatic rings. The minimum Gasteiger partial charge on any atom is -0.383 e. The van der Waals surface area contributed by atoms with E-state index in [0.29, 0.717) is 18.1 Å². The maximum atomic E-state index is 13.0. The number of aromatic nitrogens is 1. The summed E-state index contributed by atoms with van der Waals surface area (Å²) in [5, 5.41) is 0. The Hall–Kier alpha value is -1.50. The third-order valence-electron chi connectivity index (χ3n) is 5.27. The topological polar surface area (TPSA) is 54.9 Å². The van der Waals surface area contributed by atoms with Crippen LogP contribution in [0.2, 0.25) is 0 Å². The summed E-state index contributed by atoms with van der Waals surface area (Å²) in [5.41, 5.74) is 1.60. The van der Waals surface area contributed by atoms with Crippen LogP contribution in [0.4, 0.5) is 0 Å². The second-order valence-electron chi connectivity index (χ2n) is 6.73. The van der Waals surface area contributed by atoms with Gasteiger partial charge in [-0.1, -0.05) is 0 Å². The molecular weight excluding hydrogens is 306 g/mol. The number of nitrogens with zero attached hydrogens (tertiary/aromatic N) is 3. The van der Waals surface area contributed by atoms with Gasteiger partial charge in [-0.2, -0.15) is 0 Å². The summed E-state index contributed by atoms with van der Waals surface area (Å²) in [5.74, 6) is 0.448. The smallest absolute Gasteiger partial charge is 0.255 e. The number of amides is 1. The standard InChI is InChI=1S/C18H27N3O3/c1-13-4-5-14(10-19-13)18(22)21-7-6-17(24-3)15-11-20(8-9-23-2)12-16(15)21/h4-5,10,15-17H,6-9,11-12H2,1-3H3/t15-,16+,17+/m0/s1. The molecule has 0 unspecified atom stereocenters. The molecule has 0 radical (unpaired) electrons. The van der Waals surface area contributed by atoms with Crippen molar-refractivity contribution < 1.29 is 14.3 Å². The second-order valence-corrected chi connectivity index (χ2v) is 6.73. The average Bonchev–Trinajstić information content (AvgIpc) is 3.03. The number of carbonyl (C=O) groups excluding carboxylic acids is 1. The highest BCUT2D eigenvalue weighted by molar-refractivity contribution is 5.94. The summed E-state index contributed by atoms with van der Waals surface area (Å²) in [7, 11) is 3.50. The fourth-order valence-corrected chi connectivity index (χ4v) is 3.94. The number of fused-ring (bicyclic) bond motifs is 1. The number of ether oxygens (including phenoxy) is 2. The fourth-order valence-electron chi connectivity index (χ4n) is 3.94. The van der Waals surface area contributed by atoms with Gasteiger partial charge in [0.25, 0.3) is 5.91 Å². The van der Waals surface area contributed by atoms with E-state index < -0.39 is 0 Å². The Bertz CT molecular complexity index is 563. The van der Waals surface area contributed by atoms with Crippen molar-refractivity contribution in [3.63, 3.8) is 0 Å². The highest BCUT2D eigenvalue weighted by atomic mass is 16.5. The number of hydrogen-bond acceptors (Lipinski definition) is 5. The van der Waals surface area contributed by atoms with Gasteiger partial charge in [0.05, 0.1) is 24.3 Å². The van der Waals surface area contributed by atoms with Crippen molar-refractivity contribution in [2.75, 3.05) is 47.0 Å². The van der Waals surface area contributed by atoms with E-state index in [1.165, 1.54) is 0 Å². The SMILES string of the molecule is COCCN1C[C@H]2[C@@H](C1)N(C(=O)c1ccc(C)nc1)CC[C@H]2OC. The number of hydrogen-bond donors (Lipinski definition) is 0. The Morgan fingerprint density at radius 2 is 2.17 bits per heavy atom. The Morgan fingerprint density at radius 1 is 1.33 bits per heavy atom. The van der Waals surface area contributed by atoms with Gasteiger partial charge < -0.3 is 14.4 Å². The lowest BCUT2D eigenvalue weighted by atomic mass is 9.88. The predicted octanol–water partition coefficient (Wildman–Crippen LogP) is 1.20. The Balaban J connectivity index is 1.76. The van der Waals surface area contributed by atoms with E-state index in [0.717, 1.165) is 38.3 Å². The van der Waals surface area contributed by atoms with E-state index in [-0.39, 0.29) is 18.1 Å². The molecule has 2 aliphatic heterocycles. The van der Waals surface area contributed by atoms with Gasteiger partial charge in [0.1, 0.15) is 0 Å². The Labute approximate surface area is 143 Å². The van der Waals surface area contributed by atoms with Crippen molar-refractivity contribution in [1.82, 2.24) is 14.8 Å². The first-order chi connectivity index (χ1) is 11.6. The Kier molecular flexibility index (Phi) is 5.48. The summed E-state index contributed by atoms with van der Waals surface area (Å²) in [6.07, 6.45) is 2.80. The summed E-state index contributed by atoms with van der Waals surface area (Å²) >= 11 is 0. The highest BCUT2D eigenvalue weighted by Crippen LogP contribution is 2.33. The normalized spacial score (nSPS) is 27.3. The van der Waals surface area contributed by atoms with Gasteiger partial charge in [-0.25, -0.2) is 0 Å². The van der Waals surface area contributed by atoms with Gasteiger partial charge in [-0.15, -0.1) is 0 Å². The molecule has 0 bridgehead atoms. The quantitative estimate of drug-likeness (QED) is 0.810. The van der Waals surface area contributed by atoms with Crippen LogP contribution in [-0.4, -0.2) is 79.8 Å². The van der Waals surface area contributed by atoms with Crippen molar-refractivity contribution in [1.29, 1.82) is 0 Å². The second kappa shape index (κ2) is 7.59. The molecule has 3 atom stereocenters. The summed E-state index contributed by atoms with van der Waals surface area (Å²) in [6, 6.07) is 3.97. The monoisotopic (exact) mass is 333 g/mol. The fraction of sp³-hybridized carbons (Fsp3) is 0.667. The zero-order valence-electron chi connectivity index (χ0n) is 14.8. The van der Waals surface area contributed by atoms with E-state index in [1.807, 2.05) is 24.0 Å². The van der Waals surface area contributed by atoms with Gasteiger partial charge in [-0.3, -0.25) is 14.7 Å². The molecule has 6 heteroatoms. The van der Waals surface area contributed by atoms with Crippen molar-refractivity contribution >= 4 is 5.91 Å². The summed E-state index contributed by atoms with van der Waals surface area (Å²) in [4.78, 5) is 21.6. The summed E-state index contributed by atoms with van der Waals surface area (Å²) < 4.78 is 10.9. The van der Waals surface area contributed by atoms with Crippen molar-refractivity contribution in [3.05, 3.63) is 29.6 Å². The molecule has 1 aromatic rings. The van der Waals surface area contributed by atoms with E-state index in [4.69, 9.17) is 9.47 Å². The molecular formula is C18H27N3O3. The van der Waals surface area contributed by atoms with Crippen LogP contribution in [0.3, 0.4) is 0 Å². The molecule has 0 N–H and O–H groups in total. The van der Waals surface area contributed by atoms with Crippen LogP contribution in [0.1, 0.15) is 22.5 Å². The molecule has 2 fully saturated rings. The van der Waals surface area contributed by atoms with Crippen molar-refractivity contribution in [2.24, 2.45) is 5.92 Å². The van der Waals surface area contributed by atoms with Crippen LogP contribution in [0.25, 0.3) is 0 Å². The number of likely N-dealkylation sites (tertiary alicyclic amines) is 2.